The van der Waals surface area contributed by atoms with Crippen molar-refractivity contribution in [3.8, 4) is 11.5 Å². The van der Waals surface area contributed by atoms with Crippen molar-refractivity contribution in [3.05, 3.63) is 44.1 Å². The number of benzene rings is 1. The van der Waals surface area contributed by atoms with Crippen LogP contribution in [0.2, 0.25) is 0 Å². The van der Waals surface area contributed by atoms with Crippen LogP contribution >= 0.6 is 0 Å². The number of nitrogens with zero attached hydrogens (tertiary/aromatic N) is 3. The SMILES string of the molecule is CCCCCCCCCCCC(=O)OCC(OC(=O)CCCCCCCCCCC)C(OC(=O)CCCCCCCCCCC)C(Cn1c2nc(=O)[nH]c(=O)c-2nc2cc(C)c(C)cc21)OC(=O)CCCCCCCCCCC. The number of ether oxygens (including phenoxy) is 4. The van der Waals surface area contributed by atoms with Crippen molar-refractivity contribution in [2.75, 3.05) is 6.61 Å². The van der Waals surface area contributed by atoms with Crippen LogP contribution in [0.1, 0.15) is 296 Å². The number of hydrogen-bond acceptors (Lipinski definition) is 12. The number of hydrogen-bond donors (Lipinski definition) is 1. The minimum atomic E-state index is -1.48. The molecular formula is C65H108N4O10. The average molecular weight is 1110 g/mol. The standard InChI is InChI=1S/C65H108N4O10/c1-7-11-15-19-23-27-31-35-39-43-57(70)76-50-56(78-59(72)45-41-37-33-29-25-21-17-13-9-3)62(79-60(73)46-42-38-34-30-26-22-18-14-10-4)55(77-58(71)44-40-36-32-28-24-20-16-12-8-2)49-69-54-48-52(6)51(5)47-53(54)66-61-63(69)67-65(75)68-64(61)74/h47-48,55-56,62H,7-46,49-50H2,1-6H3,(H,68,74,75). The van der Waals surface area contributed by atoms with Crippen molar-refractivity contribution in [1.82, 2.24) is 19.5 Å². The predicted octanol–water partition coefficient (Wildman–Crippen LogP) is 16.2. The summed E-state index contributed by atoms with van der Waals surface area (Å²) in [6.45, 7) is 12.0. The quantitative estimate of drug-likeness (QED) is 0.0244. The molecule has 0 bridgehead atoms. The average Bonchev–Trinajstić information content (AvgIpc) is 3.42. The van der Waals surface area contributed by atoms with Crippen molar-refractivity contribution >= 4 is 34.9 Å². The molecule has 0 saturated carbocycles. The van der Waals surface area contributed by atoms with Crippen molar-refractivity contribution < 1.29 is 38.1 Å². The zero-order valence-electron chi connectivity index (χ0n) is 50.5. The first kappa shape index (κ1) is 68.7. The Labute approximate surface area is 476 Å². The summed E-state index contributed by atoms with van der Waals surface area (Å²) in [7, 11) is 0. The van der Waals surface area contributed by atoms with E-state index in [2.05, 4.69) is 42.6 Å². The molecule has 0 spiro atoms. The van der Waals surface area contributed by atoms with Gasteiger partial charge in [-0.05, 0) is 62.8 Å². The van der Waals surface area contributed by atoms with E-state index in [1.165, 1.54) is 109 Å². The highest BCUT2D eigenvalue weighted by molar-refractivity contribution is 5.81. The molecule has 0 radical (unpaired) electrons. The van der Waals surface area contributed by atoms with E-state index < -0.39 is 60.0 Å². The van der Waals surface area contributed by atoms with Crippen LogP contribution in [0.4, 0.5) is 0 Å². The number of aryl methyl sites for hydroxylation is 2. The van der Waals surface area contributed by atoms with Crippen LogP contribution in [0.3, 0.4) is 0 Å². The molecule has 2 aliphatic heterocycles. The zero-order valence-corrected chi connectivity index (χ0v) is 50.5. The number of H-pyrrole nitrogens is 1. The summed E-state index contributed by atoms with van der Waals surface area (Å²) in [5.41, 5.74) is 0.970. The summed E-state index contributed by atoms with van der Waals surface area (Å²) in [6, 6.07) is 3.70. The monoisotopic (exact) mass is 1100 g/mol. The Balaban J connectivity index is 2.06. The van der Waals surface area contributed by atoms with Gasteiger partial charge in [0.15, 0.2) is 29.8 Å². The first-order valence-corrected chi connectivity index (χ1v) is 32.1. The van der Waals surface area contributed by atoms with Gasteiger partial charge in [0.1, 0.15) is 6.61 Å². The first-order valence-electron chi connectivity index (χ1n) is 32.1. The first-order chi connectivity index (χ1) is 38.4. The second-order valence-electron chi connectivity index (χ2n) is 22.7. The maximum Gasteiger partial charge on any atom is 0.349 e. The van der Waals surface area contributed by atoms with E-state index in [0.717, 1.165) is 107 Å². The Morgan fingerprint density at radius 1 is 0.456 bits per heavy atom. The maximum atomic E-state index is 14.3. The summed E-state index contributed by atoms with van der Waals surface area (Å²) in [6.07, 6.45) is 34.3. The van der Waals surface area contributed by atoms with Crippen LogP contribution in [0.5, 0.6) is 0 Å². The largest absolute Gasteiger partial charge is 0.462 e. The van der Waals surface area contributed by atoms with Crippen LogP contribution in [0.25, 0.3) is 22.6 Å². The molecule has 2 aliphatic rings. The molecule has 3 unspecified atom stereocenters. The molecular weight excluding hydrogens is 997 g/mol. The molecule has 79 heavy (non-hydrogen) atoms. The lowest BCUT2D eigenvalue weighted by Gasteiger charge is -2.33. The molecule has 0 aromatic heterocycles. The highest BCUT2D eigenvalue weighted by Gasteiger charge is 2.40. The maximum absolute atomic E-state index is 14.3. The Hall–Kier alpha value is -4.62. The van der Waals surface area contributed by atoms with Gasteiger partial charge < -0.3 is 23.5 Å². The number of carbonyl (C=O) groups excluding carboxylic acids is 4. The second kappa shape index (κ2) is 43.2. The molecule has 0 aliphatic carbocycles. The van der Waals surface area contributed by atoms with E-state index in [9.17, 15) is 28.8 Å². The van der Waals surface area contributed by atoms with Gasteiger partial charge in [0.2, 0.25) is 0 Å². The van der Waals surface area contributed by atoms with Crippen LogP contribution in [-0.2, 0) is 44.7 Å². The molecule has 0 fully saturated rings. The van der Waals surface area contributed by atoms with Gasteiger partial charge in [-0.25, -0.2) is 9.78 Å². The van der Waals surface area contributed by atoms with Crippen molar-refractivity contribution in [2.24, 2.45) is 0 Å². The number of unbranched alkanes of at least 4 members (excludes halogenated alkanes) is 32. The third-order valence-corrected chi connectivity index (χ3v) is 15.5. The van der Waals surface area contributed by atoms with Crippen molar-refractivity contribution in [3.63, 3.8) is 0 Å². The molecule has 3 atom stereocenters. The fourth-order valence-electron chi connectivity index (χ4n) is 10.4. The number of aromatic nitrogens is 4. The van der Waals surface area contributed by atoms with Crippen LogP contribution < -0.4 is 11.2 Å². The van der Waals surface area contributed by atoms with Crippen molar-refractivity contribution in [1.29, 1.82) is 0 Å². The lowest BCUT2D eigenvalue weighted by molar-refractivity contribution is -0.193. The topological polar surface area (TPSA) is 186 Å². The molecule has 1 N–H and O–H groups in total. The second-order valence-corrected chi connectivity index (χ2v) is 22.7. The van der Waals surface area contributed by atoms with E-state index in [1.54, 1.807) is 4.57 Å². The molecule has 2 heterocycles. The highest BCUT2D eigenvalue weighted by atomic mass is 16.6. The van der Waals surface area contributed by atoms with E-state index in [1.807, 2.05) is 26.0 Å². The van der Waals surface area contributed by atoms with Crippen LogP contribution in [-0.4, -0.2) is 68.3 Å². The number of fused-ring (bicyclic) bond motifs is 2. The third-order valence-electron chi connectivity index (χ3n) is 15.5. The van der Waals surface area contributed by atoms with Gasteiger partial charge in [-0.2, -0.15) is 4.98 Å². The number of carbonyl (C=O) groups is 4. The molecule has 1 aromatic rings. The fraction of sp³-hybridized carbons (Fsp3) is 0.785. The molecule has 448 valence electrons. The van der Waals surface area contributed by atoms with Crippen LogP contribution in [0.15, 0.2) is 21.7 Å². The zero-order chi connectivity index (χ0) is 57.3. The molecule has 1 aromatic carbocycles. The van der Waals surface area contributed by atoms with Crippen LogP contribution in [0, 0.1) is 13.8 Å². The lowest BCUT2D eigenvalue weighted by Crippen LogP contribution is -2.50. The summed E-state index contributed by atoms with van der Waals surface area (Å²) in [5.74, 6) is -2.22. The Kier molecular flexibility index (Phi) is 37.5. The third kappa shape index (κ3) is 29.6. The molecule has 14 heteroatoms. The molecule has 0 saturated heterocycles. The molecule has 3 rings (SSSR count). The van der Waals surface area contributed by atoms with E-state index in [-0.39, 0.29) is 43.7 Å². The summed E-state index contributed by atoms with van der Waals surface area (Å²) >= 11 is 0. The van der Waals surface area contributed by atoms with E-state index in [4.69, 9.17) is 18.9 Å². The van der Waals surface area contributed by atoms with Gasteiger partial charge in [-0.3, -0.25) is 29.0 Å². The summed E-state index contributed by atoms with van der Waals surface area (Å²) in [4.78, 5) is 94.0. The normalized spacial score (nSPS) is 12.7. The number of aromatic amines is 1. The Morgan fingerprint density at radius 3 is 1.23 bits per heavy atom. The summed E-state index contributed by atoms with van der Waals surface area (Å²) in [5, 5.41) is 0. The number of rotatable bonds is 49. The van der Waals surface area contributed by atoms with Gasteiger partial charge >= 0.3 is 29.6 Å². The van der Waals surface area contributed by atoms with Gasteiger partial charge in [-0.15, -0.1) is 0 Å². The molecule has 14 nitrogen and oxygen atoms in total. The van der Waals surface area contributed by atoms with E-state index in [0.29, 0.717) is 36.7 Å². The van der Waals surface area contributed by atoms with Gasteiger partial charge in [-0.1, -0.05) is 233 Å². The molecule has 0 amide bonds. The Bertz CT molecular complexity index is 2220. The van der Waals surface area contributed by atoms with Gasteiger partial charge in [0.25, 0.3) is 5.56 Å². The van der Waals surface area contributed by atoms with Gasteiger partial charge in [0, 0.05) is 25.7 Å². The number of esters is 4. The lowest BCUT2D eigenvalue weighted by atomic mass is 10.0. The van der Waals surface area contributed by atoms with Crippen molar-refractivity contribution in [2.45, 2.75) is 323 Å². The minimum Gasteiger partial charge on any atom is -0.462 e. The smallest absolute Gasteiger partial charge is 0.349 e. The highest BCUT2D eigenvalue weighted by Crippen LogP contribution is 2.28. The predicted molar refractivity (Wildman–Crippen MR) is 318 cm³/mol. The van der Waals surface area contributed by atoms with E-state index >= 15 is 0 Å². The van der Waals surface area contributed by atoms with Gasteiger partial charge in [0.05, 0.1) is 17.6 Å². The minimum absolute atomic E-state index is 0.0597. The number of nitrogens with one attached hydrogen (secondary N) is 1. The Morgan fingerprint density at radius 2 is 0.810 bits per heavy atom. The fourth-order valence-corrected chi connectivity index (χ4v) is 10.4. The summed E-state index contributed by atoms with van der Waals surface area (Å²) < 4.78 is 26.8.